The molecule has 0 atom stereocenters. The van der Waals surface area contributed by atoms with Gasteiger partial charge in [0.05, 0.1) is 11.6 Å². The van der Waals surface area contributed by atoms with E-state index in [1.807, 2.05) is 4.90 Å². The monoisotopic (exact) mass is 271 g/mol. The van der Waals surface area contributed by atoms with Gasteiger partial charge in [-0.3, -0.25) is 9.69 Å². The molecule has 1 aromatic carbocycles. The zero-order chi connectivity index (χ0) is 13.1. The molecule has 1 aliphatic carbocycles. The molecule has 1 fully saturated rings. The summed E-state index contributed by atoms with van der Waals surface area (Å²) in [5.41, 5.74) is 0.749. The summed E-state index contributed by atoms with van der Waals surface area (Å²) >= 11 is 5.61. The third-order valence-electron chi connectivity index (χ3n) is 2.96. The van der Waals surface area contributed by atoms with Crippen molar-refractivity contribution in [2.24, 2.45) is 5.92 Å². The topological polar surface area (TPSA) is 40.5 Å². The van der Waals surface area contributed by atoms with Crippen molar-refractivity contribution < 1.29 is 14.3 Å². The van der Waals surface area contributed by atoms with Crippen LogP contribution in [0.1, 0.15) is 18.4 Å². The lowest BCUT2D eigenvalue weighted by Crippen LogP contribution is -2.31. The zero-order valence-corrected chi connectivity index (χ0v) is 10.7. The molecule has 0 saturated heterocycles. The molecule has 0 unspecified atom stereocenters. The number of hydrogen-bond donors (Lipinski definition) is 1. The summed E-state index contributed by atoms with van der Waals surface area (Å²) in [6.07, 6.45) is 2.32. The highest BCUT2D eigenvalue weighted by molar-refractivity contribution is 6.30. The van der Waals surface area contributed by atoms with Gasteiger partial charge >= 0.3 is 5.97 Å². The summed E-state index contributed by atoms with van der Waals surface area (Å²) in [5.74, 6) is -0.720. The van der Waals surface area contributed by atoms with Crippen molar-refractivity contribution in [3.05, 3.63) is 34.6 Å². The molecule has 0 aromatic heterocycles. The number of nitrogens with zero attached hydrogens (tertiary/aromatic N) is 1. The molecule has 0 heterocycles. The Kier molecular flexibility index (Phi) is 4.19. The molecule has 1 N–H and O–H groups in total. The van der Waals surface area contributed by atoms with Crippen molar-refractivity contribution in [1.82, 2.24) is 4.90 Å². The summed E-state index contributed by atoms with van der Waals surface area (Å²) in [5, 5.41) is 8.95. The molecule has 0 bridgehead atoms. The Balaban J connectivity index is 2.01. The SMILES string of the molecule is O=C(O)CN(Cc1ccc(Cl)c(F)c1)CC1CC1. The molecule has 1 aromatic rings. The van der Waals surface area contributed by atoms with Crippen LogP contribution in [0.3, 0.4) is 0 Å². The summed E-state index contributed by atoms with van der Waals surface area (Å²) in [6, 6.07) is 4.60. The smallest absolute Gasteiger partial charge is 0.317 e. The molecule has 5 heteroatoms. The molecule has 3 nitrogen and oxygen atoms in total. The van der Waals surface area contributed by atoms with Crippen LogP contribution in [-0.2, 0) is 11.3 Å². The van der Waals surface area contributed by atoms with Gasteiger partial charge in [-0.05, 0) is 36.5 Å². The predicted molar refractivity (Wildman–Crippen MR) is 67.0 cm³/mol. The summed E-state index contributed by atoms with van der Waals surface area (Å²) in [6.45, 7) is 1.19. The first-order valence-electron chi connectivity index (χ1n) is 5.92. The minimum atomic E-state index is -0.856. The quantitative estimate of drug-likeness (QED) is 0.865. The van der Waals surface area contributed by atoms with E-state index in [4.69, 9.17) is 16.7 Å². The average molecular weight is 272 g/mol. The highest BCUT2D eigenvalue weighted by Crippen LogP contribution is 2.30. The minimum Gasteiger partial charge on any atom is -0.480 e. The second-order valence-electron chi connectivity index (χ2n) is 4.76. The molecule has 2 rings (SSSR count). The Bertz CT molecular complexity index is 449. The van der Waals surface area contributed by atoms with Crippen molar-refractivity contribution in [1.29, 1.82) is 0 Å². The van der Waals surface area contributed by atoms with Crippen molar-refractivity contribution in [3.8, 4) is 0 Å². The number of carboxylic acid groups (broad SMARTS) is 1. The third kappa shape index (κ3) is 3.96. The predicted octanol–water partition coefficient (Wildman–Crippen LogP) is 2.78. The van der Waals surface area contributed by atoms with Crippen LogP contribution in [0.25, 0.3) is 0 Å². The lowest BCUT2D eigenvalue weighted by atomic mass is 10.2. The largest absolute Gasteiger partial charge is 0.480 e. The second-order valence-corrected chi connectivity index (χ2v) is 5.16. The maximum atomic E-state index is 13.3. The van der Waals surface area contributed by atoms with E-state index in [-0.39, 0.29) is 11.6 Å². The Morgan fingerprint density at radius 2 is 2.22 bits per heavy atom. The Morgan fingerprint density at radius 3 is 2.78 bits per heavy atom. The molecule has 1 aliphatic rings. The molecular weight excluding hydrogens is 257 g/mol. The van der Waals surface area contributed by atoms with E-state index >= 15 is 0 Å². The lowest BCUT2D eigenvalue weighted by Gasteiger charge is -2.20. The van der Waals surface area contributed by atoms with Crippen LogP contribution in [0.5, 0.6) is 0 Å². The van der Waals surface area contributed by atoms with Gasteiger partial charge in [-0.2, -0.15) is 0 Å². The number of halogens is 2. The highest BCUT2D eigenvalue weighted by Gasteiger charge is 2.25. The van der Waals surface area contributed by atoms with Crippen LogP contribution >= 0.6 is 11.6 Å². The fourth-order valence-corrected chi connectivity index (χ4v) is 2.06. The van der Waals surface area contributed by atoms with Gasteiger partial charge in [-0.25, -0.2) is 4.39 Å². The van der Waals surface area contributed by atoms with Gasteiger partial charge in [0.25, 0.3) is 0 Å². The summed E-state index contributed by atoms with van der Waals surface area (Å²) < 4.78 is 13.3. The highest BCUT2D eigenvalue weighted by atomic mass is 35.5. The first kappa shape index (κ1) is 13.3. The molecule has 0 radical (unpaired) electrons. The van der Waals surface area contributed by atoms with Crippen molar-refractivity contribution >= 4 is 17.6 Å². The molecular formula is C13H15ClFNO2. The van der Waals surface area contributed by atoms with Gasteiger partial charge in [-0.15, -0.1) is 0 Å². The number of benzene rings is 1. The summed E-state index contributed by atoms with van der Waals surface area (Å²) in [7, 11) is 0. The number of aliphatic carboxylic acids is 1. The van der Waals surface area contributed by atoms with Crippen molar-refractivity contribution in [2.75, 3.05) is 13.1 Å². The van der Waals surface area contributed by atoms with Crippen LogP contribution in [0, 0.1) is 11.7 Å². The first-order valence-corrected chi connectivity index (χ1v) is 6.30. The maximum absolute atomic E-state index is 13.3. The molecule has 0 spiro atoms. The number of rotatable bonds is 6. The van der Waals surface area contributed by atoms with Crippen LogP contribution in [0.2, 0.25) is 5.02 Å². The average Bonchev–Trinajstić information content (AvgIpc) is 3.06. The molecule has 0 aliphatic heterocycles. The van der Waals surface area contributed by atoms with E-state index < -0.39 is 11.8 Å². The zero-order valence-electron chi connectivity index (χ0n) is 9.90. The van der Waals surface area contributed by atoms with E-state index in [0.29, 0.717) is 12.5 Å². The van der Waals surface area contributed by atoms with Crippen molar-refractivity contribution in [3.63, 3.8) is 0 Å². The fraction of sp³-hybridized carbons (Fsp3) is 0.462. The van der Waals surface area contributed by atoms with Crippen LogP contribution in [0.4, 0.5) is 4.39 Å². The number of carbonyl (C=O) groups is 1. The van der Waals surface area contributed by atoms with Gasteiger partial charge in [0.15, 0.2) is 0 Å². The standard InChI is InChI=1S/C13H15ClFNO2/c14-11-4-3-10(5-12(11)15)7-16(8-13(17)18)6-9-1-2-9/h3-5,9H,1-2,6-8H2,(H,17,18). The van der Waals surface area contributed by atoms with E-state index in [0.717, 1.165) is 24.9 Å². The van der Waals surface area contributed by atoms with Crippen LogP contribution in [0.15, 0.2) is 18.2 Å². The third-order valence-corrected chi connectivity index (χ3v) is 3.27. The van der Waals surface area contributed by atoms with E-state index in [1.54, 1.807) is 6.07 Å². The van der Waals surface area contributed by atoms with Gasteiger partial charge in [0.1, 0.15) is 5.82 Å². The van der Waals surface area contributed by atoms with E-state index in [9.17, 15) is 9.18 Å². The Morgan fingerprint density at radius 1 is 1.50 bits per heavy atom. The van der Waals surface area contributed by atoms with Gasteiger partial charge in [0, 0.05) is 13.1 Å². The molecule has 98 valence electrons. The molecule has 18 heavy (non-hydrogen) atoms. The second kappa shape index (κ2) is 5.67. The van der Waals surface area contributed by atoms with E-state index in [2.05, 4.69) is 0 Å². The fourth-order valence-electron chi connectivity index (χ4n) is 1.94. The van der Waals surface area contributed by atoms with Crippen LogP contribution < -0.4 is 0 Å². The molecule has 0 amide bonds. The van der Waals surface area contributed by atoms with Gasteiger partial charge < -0.3 is 5.11 Å². The van der Waals surface area contributed by atoms with Gasteiger partial charge in [-0.1, -0.05) is 17.7 Å². The Hall–Kier alpha value is -1.13. The van der Waals surface area contributed by atoms with Crippen molar-refractivity contribution in [2.45, 2.75) is 19.4 Å². The summed E-state index contributed by atoms with van der Waals surface area (Å²) in [4.78, 5) is 12.6. The Labute approximate surface area is 110 Å². The lowest BCUT2D eigenvalue weighted by molar-refractivity contribution is -0.138. The first-order chi connectivity index (χ1) is 8.54. The maximum Gasteiger partial charge on any atom is 0.317 e. The van der Waals surface area contributed by atoms with Gasteiger partial charge in [0.2, 0.25) is 0 Å². The number of carboxylic acids is 1. The van der Waals surface area contributed by atoms with E-state index in [1.165, 1.54) is 12.1 Å². The molecule has 1 saturated carbocycles. The number of hydrogen-bond acceptors (Lipinski definition) is 2. The van der Waals surface area contributed by atoms with Crippen LogP contribution in [-0.4, -0.2) is 29.1 Å². The normalized spacial score (nSPS) is 15.1. The minimum absolute atomic E-state index is 0.0131.